The van der Waals surface area contributed by atoms with Crippen LogP contribution >= 0.6 is 11.8 Å². The van der Waals surface area contributed by atoms with E-state index in [1.165, 1.54) is 9.80 Å². The lowest BCUT2D eigenvalue weighted by molar-refractivity contribution is -0.146. The normalized spacial score (nSPS) is 21.9. The zero-order valence-corrected chi connectivity index (χ0v) is 18.5. The fourth-order valence-electron chi connectivity index (χ4n) is 4.32. The molecule has 1 aliphatic carbocycles. The van der Waals surface area contributed by atoms with Crippen molar-refractivity contribution in [3.8, 4) is 0 Å². The molecule has 7 nitrogen and oxygen atoms in total. The Morgan fingerprint density at radius 1 is 1.17 bits per heavy atom. The van der Waals surface area contributed by atoms with Gasteiger partial charge in [-0.3, -0.25) is 24.1 Å². The molecule has 1 aromatic carbocycles. The maximum absolute atomic E-state index is 13.2. The standard InChI is InChI=1S/C22H29N3O4S/c1-24(2)20(27)14-7-6-8-15(13-14)23-19(26)18(11-12-30-3)25-21(28)16-9-4-5-10-17(16)22(25)29/h6-8,13,16-18H,4-5,9-12H2,1-3H3,(H,23,26). The van der Waals surface area contributed by atoms with Gasteiger partial charge in [0.25, 0.3) is 5.91 Å². The summed E-state index contributed by atoms with van der Waals surface area (Å²) in [6, 6.07) is 5.85. The number of amides is 4. The number of nitrogens with zero attached hydrogens (tertiary/aromatic N) is 2. The van der Waals surface area contributed by atoms with Crippen molar-refractivity contribution in [2.45, 2.75) is 38.1 Å². The molecule has 0 aromatic heterocycles. The molecule has 1 aliphatic heterocycles. The van der Waals surface area contributed by atoms with E-state index < -0.39 is 6.04 Å². The lowest BCUT2D eigenvalue weighted by Gasteiger charge is -2.26. The molecule has 2 aliphatic rings. The van der Waals surface area contributed by atoms with E-state index in [9.17, 15) is 19.2 Å². The molecule has 8 heteroatoms. The van der Waals surface area contributed by atoms with Gasteiger partial charge in [0.2, 0.25) is 17.7 Å². The number of carbonyl (C=O) groups excluding carboxylic acids is 4. The minimum atomic E-state index is -0.837. The Balaban J connectivity index is 1.81. The van der Waals surface area contributed by atoms with Gasteiger partial charge in [0.05, 0.1) is 11.8 Å². The summed E-state index contributed by atoms with van der Waals surface area (Å²) in [5.41, 5.74) is 0.927. The van der Waals surface area contributed by atoms with Gasteiger partial charge in [-0.1, -0.05) is 18.9 Å². The Kier molecular flexibility index (Phi) is 7.18. The van der Waals surface area contributed by atoms with Crippen LogP contribution in [0.15, 0.2) is 24.3 Å². The third kappa shape index (κ3) is 4.53. The summed E-state index contributed by atoms with van der Waals surface area (Å²) in [7, 11) is 3.33. The van der Waals surface area contributed by atoms with E-state index in [1.807, 2.05) is 6.26 Å². The van der Waals surface area contributed by atoms with Gasteiger partial charge in [0.1, 0.15) is 6.04 Å². The maximum atomic E-state index is 13.2. The molecule has 0 radical (unpaired) electrons. The van der Waals surface area contributed by atoms with Crippen LogP contribution < -0.4 is 5.32 Å². The van der Waals surface area contributed by atoms with E-state index in [2.05, 4.69) is 5.32 Å². The summed E-state index contributed by atoms with van der Waals surface area (Å²) in [5.74, 6) is -0.875. The summed E-state index contributed by atoms with van der Waals surface area (Å²) in [6.07, 6.45) is 5.67. The number of likely N-dealkylation sites (tertiary alicyclic amines) is 1. The van der Waals surface area contributed by atoms with Gasteiger partial charge in [-0.15, -0.1) is 0 Å². The molecule has 1 heterocycles. The van der Waals surface area contributed by atoms with Crippen LogP contribution in [0.4, 0.5) is 5.69 Å². The first-order chi connectivity index (χ1) is 14.3. The quantitative estimate of drug-likeness (QED) is 0.671. The number of carbonyl (C=O) groups is 4. The highest BCUT2D eigenvalue weighted by molar-refractivity contribution is 7.98. The lowest BCUT2D eigenvalue weighted by Crippen LogP contribution is -2.48. The fraction of sp³-hybridized carbons (Fsp3) is 0.545. The molecule has 1 N–H and O–H groups in total. The Labute approximate surface area is 181 Å². The van der Waals surface area contributed by atoms with Gasteiger partial charge in [-0.05, 0) is 49.5 Å². The van der Waals surface area contributed by atoms with E-state index in [1.54, 1.807) is 50.1 Å². The van der Waals surface area contributed by atoms with Gasteiger partial charge in [-0.25, -0.2) is 0 Å². The van der Waals surface area contributed by atoms with E-state index >= 15 is 0 Å². The Morgan fingerprint density at radius 2 is 1.80 bits per heavy atom. The predicted molar refractivity (Wildman–Crippen MR) is 117 cm³/mol. The number of rotatable bonds is 7. The molecule has 0 bridgehead atoms. The lowest BCUT2D eigenvalue weighted by atomic mass is 9.81. The SMILES string of the molecule is CSCCC(C(=O)Nc1cccc(C(=O)N(C)C)c1)N1C(=O)C2CCCCC2C1=O. The van der Waals surface area contributed by atoms with E-state index in [0.717, 1.165) is 25.7 Å². The van der Waals surface area contributed by atoms with Crippen LogP contribution in [-0.2, 0) is 14.4 Å². The zero-order chi connectivity index (χ0) is 21.8. The second kappa shape index (κ2) is 9.64. The van der Waals surface area contributed by atoms with Crippen molar-refractivity contribution in [2.75, 3.05) is 31.4 Å². The van der Waals surface area contributed by atoms with Gasteiger partial charge in [0.15, 0.2) is 0 Å². The largest absolute Gasteiger partial charge is 0.345 e. The third-order valence-electron chi connectivity index (χ3n) is 5.87. The fourth-order valence-corrected chi connectivity index (χ4v) is 4.77. The van der Waals surface area contributed by atoms with Gasteiger partial charge >= 0.3 is 0 Å². The Morgan fingerprint density at radius 3 is 2.37 bits per heavy atom. The van der Waals surface area contributed by atoms with Gasteiger partial charge in [0, 0.05) is 25.3 Å². The molecule has 2 fully saturated rings. The first kappa shape index (κ1) is 22.3. The minimum absolute atomic E-state index is 0.168. The molecule has 0 spiro atoms. The van der Waals surface area contributed by atoms with Crippen LogP contribution in [0.2, 0.25) is 0 Å². The van der Waals surface area contributed by atoms with E-state index in [0.29, 0.717) is 23.4 Å². The van der Waals surface area contributed by atoms with E-state index in [-0.39, 0.29) is 35.5 Å². The molecular weight excluding hydrogens is 402 g/mol. The summed E-state index contributed by atoms with van der Waals surface area (Å²) in [5, 5.41) is 2.82. The molecule has 30 heavy (non-hydrogen) atoms. The molecule has 3 rings (SSSR count). The third-order valence-corrected chi connectivity index (χ3v) is 6.51. The van der Waals surface area contributed by atoms with Crippen LogP contribution in [0, 0.1) is 11.8 Å². The summed E-state index contributed by atoms with van der Waals surface area (Å²) >= 11 is 1.57. The van der Waals surface area contributed by atoms with Crippen molar-refractivity contribution in [2.24, 2.45) is 11.8 Å². The highest BCUT2D eigenvalue weighted by Crippen LogP contribution is 2.39. The molecule has 162 valence electrons. The zero-order valence-electron chi connectivity index (χ0n) is 17.7. The topological polar surface area (TPSA) is 86.8 Å². The minimum Gasteiger partial charge on any atom is -0.345 e. The highest BCUT2D eigenvalue weighted by atomic mass is 32.2. The Bertz CT molecular complexity index is 817. The molecule has 3 unspecified atom stereocenters. The number of thioether (sulfide) groups is 1. The van der Waals surface area contributed by atoms with Crippen molar-refractivity contribution in [1.82, 2.24) is 9.80 Å². The smallest absolute Gasteiger partial charge is 0.253 e. The average Bonchev–Trinajstić information content (AvgIpc) is 2.99. The van der Waals surface area contributed by atoms with E-state index in [4.69, 9.17) is 0 Å². The number of anilines is 1. The van der Waals surface area contributed by atoms with Crippen LogP contribution in [0.1, 0.15) is 42.5 Å². The van der Waals surface area contributed by atoms with Crippen molar-refractivity contribution in [3.05, 3.63) is 29.8 Å². The van der Waals surface area contributed by atoms with Crippen molar-refractivity contribution < 1.29 is 19.2 Å². The summed E-state index contributed by atoms with van der Waals surface area (Å²) in [4.78, 5) is 54.0. The van der Waals surface area contributed by atoms with Gasteiger partial charge in [-0.2, -0.15) is 11.8 Å². The molecule has 1 saturated carbocycles. The van der Waals surface area contributed by atoms with Gasteiger partial charge < -0.3 is 10.2 Å². The second-order valence-electron chi connectivity index (χ2n) is 8.11. The molecular formula is C22H29N3O4S. The number of fused-ring (bicyclic) bond motifs is 1. The van der Waals surface area contributed by atoms with Crippen LogP contribution in [-0.4, -0.2) is 65.6 Å². The first-order valence-electron chi connectivity index (χ1n) is 10.3. The van der Waals surface area contributed by atoms with Crippen LogP contribution in [0.25, 0.3) is 0 Å². The molecule has 1 aromatic rings. The number of nitrogens with one attached hydrogen (secondary N) is 1. The molecule has 1 saturated heterocycles. The average molecular weight is 432 g/mol. The van der Waals surface area contributed by atoms with Crippen LogP contribution in [0.3, 0.4) is 0 Å². The number of hydrogen-bond donors (Lipinski definition) is 1. The summed E-state index contributed by atoms with van der Waals surface area (Å²) < 4.78 is 0. The number of hydrogen-bond acceptors (Lipinski definition) is 5. The monoisotopic (exact) mass is 431 g/mol. The second-order valence-corrected chi connectivity index (χ2v) is 9.10. The van der Waals surface area contributed by atoms with Crippen molar-refractivity contribution in [3.63, 3.8) is 0 Å². The first-order valence-corrected chi connectivity index (χ1v) is 11.7. The van der Waals surface area contributed by atoms with Crippen molar-refractivity contribution >= 4 is 41.1 Å². The summed E-state index contributed by atoms with van der Waals surface area (Å²) in [6.45, 7) is 0. The van der Waals surface area contributed by atoms with Crippen LogP contribution in [0.5, 0.6) is 0 Å². The number of imide groups is 1. The highest BCUT2D eigenvalue weighted by Gasteiger charge is 2.51. The molecule has 3 atom stereocenters. The predicted octanol–water partition coefficient (Wildman–Crippen LogP) is 2.62. The number of benzene rings is 1. The maximum Gasteiger partial charge on any atom is 0.253 e. The Hall–Kier alpha value is -2.35. The van der Waals surface area contributed by atoms with Crippen molar-refractivity contribution in [1.29, 1.82) is 0 Å². The molecule has 4 amide bonds.